The highest BCUT2D eigenvalue weighted by Crippen LogP contribution is 2.42. The summed E-state index contributed by atoms with van der Waals surface area (Å²) in [7, 11) is -0.965. The number of rotatable bonds is 6. The first kappa shape index (κ1) is 33.8. The average Bonchev–Trinajstić information content (AvgIpc) is 3.82. The molecule has 10 aromatic rings. The highest BCUT2D eigenvalue weighted by Gasteiger charge is 2.50. The molecule has 0 saturated carbocycles. The molecule has 57 heavy (non-hydrogen) atoms. The van der Waals surface area contributed by atoms with Gasteiger partial charge in [-0.15, -0.1) is 11.3 Å². The van der Waals surface area contributed by atoms with E-state index in [-0.39, 0.29) is 5.92 Å². The number of fused-ring (bicyclic) bond motifs is 6. The second kappa shape index (κ2) is 13.3. The van der Waals surface area contributed by atoms with Crippen molar-refractivity contribution in [3.05, 3.63) is 216 Å². The predicted octanol–water partition coefficient (Wildman–Crippen LogP) is 9.93. The molecule has 0 spiro atoms. The topological polar surface area (TPSA) is 30.7 Å². The minimum absolute atomic E-state index is 0.203. The van der Waals surface area contributed by atoms with Gasteiger partial charge in [-0.05, 0) is 91.5 Å². The van der Waals surface area contributed by atoms with E-state index in [1.54, 1.807) is 0 Å². The van der Waals surface area contributed by atoms with E-state index in [1.807, 2.05) is 79.2 Å². The molecule has 0 fully saturated rings. The van der Waals surface area contributed by atoms with E-state index in [1.165, 1.54) is 46.5 Å². The molecule has 1 aliphatic rings. The molecule has 0 radical (unpaired) electrons. The molecule has 272 valence electrons. The number of aromatic nitrogens is 3. The van der Waals surface area contributed by atoms with Gasteiger partial charge >= 0.3 is 0 Å². The lowest BCUT2D eigenvalue weighted by molar-refractivity contribution is 0.402. The van der Waals surface area contributed by atoms with Gasteiger partial charge in [0.05, 0.1) is 22.6 Å². The summed E-state index contributed by atoms with van der Waals surface area (Å²) >= 11 is 1.86. The Morgan fingerprint density at radius 2 is 1.30 bits per heavy atom. The lowest BCUT2D eigenvalue weighted by Crippen LogP contribution is -2.77. The van der Waals surface area contributed by atoms with Crippen LogP contribution in [-0.2, 0) is 7.05 Å². The Balaban J connectivity index is 1.18. The maximum absolute atomic E-state index is 17.4. The Hall–Kier alpha value is -6.47. The van der Waals surface area contributed by atoms with E-state index in [2.05, 4.69) is 132 Å². The van der Waals surface area contributed by atoms with Gasteiger partial charge in [-0.2, -0.15) is 0 Å². The first-order chi connectivity index (χ1) is 28.1. The van der Waals surface area contributed by atoms with Gasteiger partial charge in [-0.25, -0.2) is 9.37 Å². The normalized spacial score (nSPS) is 15.1. The van der Waals surface area contributed by atoms with Crippen LogP contribution in [0.25, 0.3) is 42.6 Å². The SMILES string of the molecule is Cn1c(-c2cccc(C(F)c3ccc4c(c3)C(c3ccccn3)c3cc5c(cc3[Si]4(c3ccccc3)c3ccccc3)sc3ccccc35)c2)nc2ccccc21. The highest BCUT2D eigenvalue weighted by molar-refractivity contribution is 7.26. The van der Waals surface area contributed by atoms with Crippen molar-refractivity contribution in [2.24, 2.45) is 7.05 Å². The molecule has 4 heterocycles. The third-order valence-electron chi connectivity index (χ3n) is 12.0. The van der Waals surface area contributed by atoms with Crippen LogP contribution in [0.3, 0.4) is 0 Å². The number of aryl methyl sites for hydroxylation is 1. The van der Waals surface area contributed by atoms with Crippen molar-refractivity contribution < 1.29 is 4.39 Å². The Labute approximate surface area is 335 Å². The fourth-order valence-electron chi connectivity index (χ4n) is 9.45. The molecule has 3 nitrogen and oxygen atoms in total. The Morgan fingerprint density at radius 1 is 0.596 bits per heavy atom. The Morgan fingerprint density at radius 3 is 2.07 bits per heavy atom. The molecule has 2 atom stereocenters. The molecule has 0 saturated heterocycles. The number of halogens is 1. The molecule has 0 N–H and O–H groups in total. The van der Waals surface area contributed by atoms with Crippen molar-refractivity contribution in [2.75, 3.05) is 0 Å². The van der Waals surface area contributed by atoms with Gasteiger partial charge in [0.1, 0.15) is 5.82 Å². The molecule has 6 heteroatoms. The van der Waals surface area contributed by atoms with Crippen LogP contribution in [-0.4, -0.2) is 22.6 Å². The summed E-state index contributed by atoms with van der Waals surface area (Å²) in [6.07, 6.45) is 0.526. The summed E-state index contributed by atoms with van der Waals surface area (Å²) in [5.41, 5.74) is 7.40. The number of hydrogen-bond donors (Lipinski definition) is 0. The average molecular weight is 770 g/mol. The predicted molar refractivity (Wildman–Crippen MR) is 237 cm³/mol. The molecular formula is C51H36FN3SSi. The molecule has 11 rings (SSSR count). The lowest BCUT2D eigenvalue weighted by atomic mass is 9.85. The first-order valence-electron chi connectivity index (χ1n) is 19.4. The van der Waals surface area contributed by atoms with Gasteiger partial charge in [-0.3, -0.25) is 4.98 Å². The molecule has 2 unspecified atom stereocenters. The van der Waals surface area contributed by atoms with Crippen molar-refractivity contribution in [1.29, 1.82) is 0 Å². The van der Waals surface area contributed by atoms with Crippen LogP contribution in [0.5, 0.6) is 0 Å². The molecule has 0 amide bonds. The van der Waals surface area contributed by atoms with Crippen LogP contribution in [0.4, 0.5) is 4.39 Å². The summed E-state index contributed by atoms with van der Waals surface area (Å²) < 4.78 is 22.1. The van der Waals surface area contributed by atoms with E-state index in [4.69, 9.17) is 9.97 Å². The quantitative estimate of drug-likeness (QED) is 0.158. The van der Waals surface area contributed by atoms with E-state index in [9.17, 15) is 0 Å². The van der Waals surface area contributed by atoms with Crippen molar-refractivity contribution in [3.63, 3.8) is 0 Å². The van der Waals surface area contributed by atoms with Crippen LogP contribution in [0.15, 0.2) is 188 Å². The largest absolute Gasteiger partial charge is 0.327 e. The maximum atomic E-state index is 17.4. The number of alkyl halides is 1. The molecule has 0 aliphatic carbocycles. The first-order valence-corrected chi connectivity index (χ1v) is 22.2. The third kappa shape index (κ3) is 5.21. The molecule has 3 aromatic heterocycles. The zero-order chi connectivity index (χ0) is 38.1. The maximum Gasteiger partial charge on any atom is 0.180 e. The lowest BCUT2D eigenvalue weighted by Gasteiger charge is -2.43. The number of thiophene rings is 1. The number of nitrogens with zero attached hydrogens (tertiary/aromatic N) is 3. The summed E-state index contributed by atoms with van der Waals surface area (Å²) in [6.45, 7) is 0. The van der Waals surface area contributed by atoms with Crippen LogP contribution >= 0.6 is 11.3 Å². The van der Waals surface area contributed by atoms with Gasteiger partial charge in [0.25, 0.3) is 0 Å². The smallest absolute Gasteiger partial charge is 0.180 e. The van der Waals surface area contributed by atoms with Crippen molar-refractivity contribution >= 4 is 71.4 Å². The molecule has 1 aliphatic heterocycles. The zero-order valence-corrected chi connectivity index (χ0v) is 33.0. The fourth-order valence-corrected chi connectivity index (χ4v) is 15.9. The van der Waals surface area contributed by atoms with E-state index >= 15 is 4.39 Å². The zero-order valence-electron chi connectivity index (χ0n) is 31.2. The van der Waals surface area contributed by atoms with E-state index in [0.717, 1.165) is 33.7 Å². The number of benzene rings is 7. The monoisotopic (exact) mass is 769 g/mol. The van der Waals surface area contributed by atoms with Crippen LogP contribution in [0.2, 0.25) is 0 Å². The number of pyridine rings is 1. The molecule has 0 bridgehead atoms. The second-order valence-corrected chi connectivity index (χ2v) is 19.8. The summed E-state index contributed by atoms with van der Waals surface area (Å²) in [5, 5.41) is 7.75. The second-order valence-electron chi connectivity index (χ2n) is 15.0. The van der Waals surface area contributed by atoms with Gasteiger partial charge in [0, 0.05) is 39.0 Å². The summed E-state index contributed by atoms with van der Waals surface area (Å²) in [4.78, 5) is 9.97. The third-order valence-corrected chi connectivity index (χ3v) is 18.0. The molecular weight excluding hydrogens is 734 g/mol. The minimum atomic E-state index is -2.98. The van der Waals surface area contributed by atoms with E-state index in [0.29, 0.717) is 11.1 Å². The number of para-hydroxylation sites is 2. The minimum Gasteiger partial charge on any atom is -0.327 e. The Kier molecular flexibility index (Phi) is 7.91. The number of hydrogen-bond acceptors (Lipinski definition) is 3. The van der Waals surface area contributed by atoms with Gasteiger partial charge in [0.15, 0.2) is 14.2 Å². The van der Waals surface area contributed by atoms with Crippen molar-refractivity contribution in [1.82, 2.24) is 14.5 Å². The summed E-state index contributed by atoms with van der Waals surface area (Å²) in [5.74, 6) is 0.613. The standard InChI is InChI=1S/C51H36FN3SSi/c1-55-44-24-10-9-22-42(44)54-51(55)35-16-14-15-33(29-35)50(52)34-26-27-47-40(30-34)49(43-23-12-13-28-53-43)41-31-39-38-21-8-11-25-45(38)56-46(39)32-48(41)57(47,36-17-4-2-5-18-36)37-19-6-3-7-20-37/h2-32,49-50H,1H3. The van der Waals surface area contributed by atoms with Crippen molar-refractivity contribution in [2.45, 2.75) is 12.1 Å². The fraction of sp³-hybridized carbons (Fsp3) is 0.0588. The Bertz CT molecular complexity index is 3080. The van der Waals surface area contributed by atoms with Crippen LogP contribution in [0, 0.1) is 0 Å². The van der Waals surface area contributed by atoms with Crippen LogP contribution < -0.4 is 20.7 Å². The summed E-state index contributed by atoms with van der Waals surface area (Å²) in [6, 6.07) is 64.3. The van der Waals surface area contributed by atoms with Crippen LogP contribution in [0.1, 0.15) is 40.0 Å². The van der Waals surface area contributed by atoms with E-state index < -0.39 is 14.2 Å². The van der Waals surface area contributed by atoms with Gasteiger partial charge < -0.3 is 4.57 Å². The van der Waals surface area contributed by atoms with Gasteiger partial charge in [-0.1, -0.05) is 133 Å². The molecule has 7 aromatic carbocycles. The van der Waals surface area contributed by atoms with Gasteiger partial charge in [0.2, 0.25) is 0 Å². The highest BCUT2D eigenvalue weighted by atomic mass is 32.1. The van der Waals surface area contributed by atoms with Crippen molar-refractivity contribution in [3.8, 4) is 11.4 Å². The number of imidazole rings is 1.